The first-order chi connectivity index (χ1) is 4.61. The monoisotopic (exact) mass is 270 g/mol. The van der Waals surface area contributed by atoms with E-state index in [0.717, 1.165) is 12.8 Å². The zero-order chi connectivity index (χ0) is 7.72. The Morgan fingerprint density at radius 3 is 1.90 bits per heavy atom. The summed E-state index contributed by atoms with van der Waals surface area (Å²) < 4.78 is 0. The Kier molecular flexibility index (Phi) is 2.74. The smallest absolute Gasteiger partial charge is 0.306 e. The zero-order valence-corrected chi connectivity index (χ0v) is 8.43. The van der Waals surface area contributed by atoms with Crippen molar-refractivity contribution >= 4 is 37.8 Å². The van der Waals surface area contributed by atoms with E-state index < -0.39 is 5.97 Å². The summed E-state index contributed by atoms with van der Waals surface area (Å²) in [6.07, 6.45) is 1.48. The van der Waals surface area contributed by atoms with Gasteiger partial charge in [0.05, 0.1) is 5.92 Å². The van der Waals surface area contributed by atoms with Crippen molar-refractivity contribution in [1.29, 1.82) is 0 Å². The molecule has 0 spiro atoms. The summed E-state index contributed by atoms with van der Waals surface area (Å²) >= 11 is 6.80. The number of aliphatic carboxylic acids is 1. The van der Waals surface area contributed by atoms with Gasteiger partial charge in [0, 0.05) is 9.65 Å². The number of hydrogen-bond acceptors (Lipinski definition) is 1. The molecule has 1 saturated carbocycles. The highest BCUT2D eigenvalue weighted by Gasteiger charge is 2.34. The van der Waals surface area contributed by atoms with Crippen LogP contribution in [0, 0.1) is 5.92 Å². The van der Waals surface area contributed by atoms with Crippen LogP contribution in [-0.4, -0.2) is 20.7 Å². The van der Waals surface area contributed by atoms with Gasteiger partial charge < -0.3 is 5.11 Å². The van der Waals surface area contributed by atoms with Crippen LogP contribution in [0.25, 0.3) is 0 Å². The summed E-state index contributed by atoms with van der Waals surface area (Å²) in [5.74, 6) is -0.833. The van der Waals surface area contributed by atoms with E-state index in [-0.39, 0.29) is 5.92 Å². The van der Waals surface area contributed by atoms with Gasteiger partial charge in [-0.15, -0.1) is 0 Å². The number of hydrogen-bond donors (Lipinski definition) is 1. The summed E-state index contributed by atoms with van der Waals surface area (Å²) in [6.45, 7) is 0. The van der Waals surface area contributed by atoms with E-state index >= 15 is 0 Å². The van der Waals surface area contributed by atoms with E-state index in [0.29, 0.717) is 9.65 Å². The average molecular weight is 272 g/mol. The fraction of sp³-hybridized carbons (Fsp3) is 0.833. The third-order valence-electron chi connectivity index (χ3n) is 1.76. The van der Waals surface area contributed by atoms with Gasteiger partial charge in [0.15, 0.2) is 0 Å². The number of halogens is 2. The molecule has 58 valence electrons. The Morgan fingerprint density at radius 2 is 1.70 bits per heavy atom. The van der Waals surface area contributed by atoms with Gasteiger partial charge in [-0.05, 0) is 12.8 Å². The van der Waals surface area contributed by atoms with Crippen molar-refractivity contribution < 1.29 is 9.90 Å². The molecule has 0 aromatic rings. The quantitative estimate of drug-likeness (QED) is 0.741. The molecule has 10 heavy (non-hydrogen) atoms. The maximum atomic E-state index is 10.5. The maximum Gasteiger partial charge on any atom is 0.306 e. The molecule has 1 aliphatic carbocycles. The minimum atomic E-state index is -0.675. The van der Waals surface area contributed by atoms with Gasteiger partial charge in [-0.25, -0.2) is 0 Å². The normalized spacial score (nSPS) is 40.0. The van der Waals surface area contributed by atoms with Crippen LogP contribution in [0.3, 0.4) is 0 Å². The molecule has 1 fully saturated rings. The van der Waals surface area contributed by atoms with Crippen LogP contribution in [0.4, 0.5) is 0 Å². The molecule has 3 atom stereocenters. The Labute approximate surface area is 76.2 Å². The van der Waals surface area contributed by atoms with Gasteiger partial charge >= 0.3 is 5.97 Å². The number of rotatable bonds is 1. The highest BCUT2D eigenvalue weighted by molar-refractivity contribution is 9.12. The van der Waals surface area contributed by atoms with Crippen LogP contribution in [0.2, 0.25) is 0 Å². The number of alkyl halides is 2. The first-order valence-corrected chi connectivity index (χ1v) is 4.95. The second kappa shape index (κ2) is 3.22. The van der Waals surface area contributed by atoms with Gasteiger partial charge in [0.25, 0.3) is 0 Å². The van der Waals surface area contributed by atoms with Crippen molar-refractivity contribution in [3.05, 3.63) is 0 Å². The molecule has 0 saturated heterocycles. The van der Waals surface area contributed by atoms with Crippen LogP contribution in [0.1, 0.15) is 12.8 Å². The Bertz CT molecular complexity index is 139. The number of carboxylic acids is 1. The van der Waals surface area contributed by atoms with Crippen LogP contribution in [0.5, 0.6) is 0 Å². The molecule has 1 rings (SSSR count). The Hall–Kier alpha value is 0.430. The number of carboxylic acid groups (broad SMARTS) is 1. The lowest BCUT2D eigenvalue weighted by Crippen LogP contribution is -2.09. The molecular weight excluding hydrogens is 264 g/mol. The van der Waals surface area contributed by atoms with Crippen molar-refractivity contribution in [3.8, 4) is 0 Å². The molecular formula is C6H8Br2O2. The van der Waals surface area contributed by atoms with E-state index in [1.807, 2.05) is 0 Å². The molecule has 0 amide bonds. The van der Waals surface area contributed by atoms with E-state index in [1.54, 1.807) is 0 Å². The van der Waals surface area contributed by atoms with Crippen molar-refractivity contribution in [2.45, 2.75) is 22.5 Å². The second-order valence-corrected chi connectivity index (χ2v) is 4.89. The average Bonchev–Trinajstić information content (AvgIpc) is 2.13. The summed E-state index contributed by atoms with van der Waals surface area (Å²) in [4.78, 5) is 11.1. The van der Waals surface area contributed by atoms with Crippen LogP contribution < -0.4 is 0 Å². The summed E-state index contributed by atoms with van der Waals surface area (Å²) in [5, 5.41) is 8.61. The molecule has 0 aromatic carbocycles. The fourth-order valence-corrected chi connectivity index (χ4v) is 2.47. The third-order valence-corrected chi connectivity index (χ3v) is 4.49. The third kappa shape index (κ3) is 1.72. The lowest BCUT2D eigenvalue weighted by Gasteiger charge is -2.00. The molecule has 4 heteroatoms. The largest absolute Gasteiger partial charge is 0.481 e. The molecule has 0 bridgehead atoms. The highest BCUT2D eigenvalue weighted by Crippen LogP contribution is 2.35. The van der Waals surface area contributed by atoms with Gasteiger partial charge in [-0.3, -0.25) is 4.79 Å². The summed E-state index contributed by atoms with van der Waals surface area (Å²) in [7, 11) is 0. The minimum absolute atomic E-state index is 0.159. The molecule has 0 aliphatic heterocycles. The standard InChI is InChI=1S/C6H8Br2O2/c7-4-1-3(6(9)10)2-5(4)8/h3-5H,1-2H2,(H,9,10)/t3?,4-,5?/m1/s1. The number of carbonyl (C=O) groups is 1. The van der Waals surface area contributed by atoms with Crippen molar-refractivity contribution in [3.63, 3.8) is 0 Å². The maximum absolute atomic E-state index is 10.5. The van der Waals surface area contributed by atoms with Gasteiger partial charge in [0.1, 0.15) is 0 Å². The van der Waals surface area contributed by atoms with Gasteiger partial charge in [0.2, 0.25) is 0 Å². The summed E-state index contributed by atoms with van der Waals surface area (Å²) in [5.41, 5.74) is 0. The van der Waals surface area contributed by atoms with E-state index in [4.69, 9.17) is 5.11 Å². The van der Waals surface area contributed by atoms with Crippen molar-refractivity contribution in [2.24, 2.45) is 5.92 Å². The summed E-state index contributed by atoms with van der Waals surface area (Å²) in [6, 6.07) is 0. The highest BCUT2D eigenvalue weighted by atomic mass is 79.9. The topological polar surface area (TPSA) is 37.3 Å². The van der Waals surface area contributed by atoms with E-state index in [9.17, 15) is 4.79 Å². The molecule has 1 N–H and O–H groups in total. The van der Waals surface area contributed by atoms with Crippen molar-refractivity contribution in [2.75, 3.05) is 0 Å². The fourth-order valence-electron chi connectivity index (χ4n) is 1.14. The van der Waals surface area contributed by atoms with Gasteiger partial charge in [-0.2, -0.15) is 0 Å². The molecule has 2 unspecified atom stereocenters. The first kappa shape index (κ1) is 8.53. The molecule has 1 aliphatic rings. The molecule has 0 aromatic heterocycles. The molecule has 0 radical (unpaired) electrons. The van der Waals surface area contributed by atoms with Gasteiger partial charge in [-0.1, -0.05) is 31.9 Å². The molecule has 2 nitrogen and oxygen atoms in total. The van der Waals surface area contributed by atoms with Crippen LogP contribution in [0.15, 0.2) is 0 Å². The molecule has 0 heterocycles. The SMILES string of the molecule is O=C(O)C1CC(Br)[C@H](Br)C1. The Balaban J connectivity index is 2.49. The zero-order valence-electron chi connectivity index (χ0n) is 5.26. The van der Waals surface area contributed by atoms with Crippen LogP contribution in [-0.2, 0) is 4.79 Å². The lowest BCUT2D eigenvalue weighted by molar-refractivity contribution is -0.141. The van der Waals surface area contributed by atoms with Crippen molar-refractivity contribution in [1.82, 2.24) is 0 Å². The first-order valence-electron chi connectivity index (χ1n) is 3.12. The predicted octanol–water partition coefficient (Wildman–Crippen LogP) is 2.01. The minimum Gasteiger partial charge on any atom is -0.481 e. The Morgan fingerprint density at radius 1 is 1.30 bits per heavy atom. The lowest BCUT2D eigenvalue weighted by atomic mass is 10.1. The van der Waals surface area contributed by atoms with E-state index in [2.05, 4.69) is 31.9 Å². The second-order valence-electron chi connectivity index (χ2n) is 2.54. The van der Waals surface area contributed by atoms with Crippen LogP contribution >= 0.6 is 31.9 Å². The van der Waals surface area contributed by atoms with E-state index in [1.165, 1.54) is 0 Å². The predicted molar refractivity (Wildman–Crippen MR) is 45.8 cm³/mol.